The predicted molar refractivity (Wildman–Crippen MR) is 101 cm³/mol. The first-order chi connectivity index (χ1) is 13.6. The van der Waals surface area contributed by atoms with Crippen LogP contribution in [0.4, 0.5) is 10.1 Å². The topological polar surface area (TPSA) is 78.4 Å². The van der Waals surface area contributed by atoms with E-state index in [4.69, 9.17) is 19.0 Å². The van der Waals surface area contributed by atoms with Gasteiger partial charge in [0.05, 0.1) is 19.4 Å². The molecule has 0 saturated carbocycles. The van der Waals surface area contributed by atoms with Crippen LogP contribution in [0.5, 0.6) is 11.5 Å². The van der Waals surface area contributed by atoms with Gasteiger partial charge in [0, 0.05) is 30.8 Å². The minimum Gasteiger partial charge on any atom is -0.493 e. The maximum absolute atomic E-state index is 13.4. The van der Waals surface area contributed by atoms with Gasteiger partial charge in [-0.2, -0.15) is 0 Å². The molecule has 1 aliphatic heterocycles. The molecule has 1 amide bonds. The summed E-state index contributed by atoms with van der Waals surface area (Å²) >= 11 is 0. The van der Waals surface area contributed by atoms with Crippen molar-refractivity contribution in [3.8, 4) is 11.5 Å². The number of carbonyl (C=O) groups is 1. The molecular formula is C20H21FN2O5. The Morgan fingerprint density at radius 2 is 2.07 bits per heavy atom. The molecule has 2 aromatic carbocycles. The molecule has 0 fully saturated rings. The number of carbonyl (C=O) groups excluding carboxylic acids is 1. The van der Waals surface area contributed by atoms with E-state index in [-0.39, 0.29) is 18.1 Å². The van der Waals surface area contributed by atoms with Crippen molar-refractivity contribution < 1.29 is 28.2 Å². The molecule has 1 N–H and O–H groups in total. The second-order valence-electron chi connectivity index (χ2n) is 6.04. The van der Waals surface area contributed by atoms with Crippen molar-refractivity contribution in [3.63, 3.8) is 0 Å². The first-order valence-electron chi connectivity index (χ1n) is 8.70. The lowest BCUT2D eigenvalue weighted by molar-refractivity contribution is -0.125. The number of benzene rings is 2. The third-order valence-electron chi connectivity index (χ3n) is 4.10. The lowest BCUT2D eigenvalue weighted by Gasteiger charge is -2.14. The van der Waals surface area contributed by atoms with Gasteiger partial charge in [0.15, 0.2) is 11.5 Å². The average Bonchev–Trinajstić information content (AvgIpc) is 3.19. The second-order valence-corrected chi connectivity index (χ2v) is 6.04. The fraction of sp³-hybridized carbons (Fsp3) is 0.300. The molecule has 1 aliphatic rings. The van der Waals surface area contributed by atoms with Gasteiger partial charge in [0.1, 0.15) is 12.4 Å². The number of hydrogen-bond acceptors (Lipinski definition) is 6. The van der Waals surface area contributed by atoms with Gasteiger partial charge in [-0.25, -0.2) is 4.39 Å². The van der Waals surface area contributed by atoms with Crippen LogP contribution in [0.15, 0.2) is 47.6 Å². The third-order valence-corrected chi connectivity index (χ3v) is 4.10. The zero-order chi connectivity index (χ0) is 19.9. The van der Waals surface area contributed by atoms with Crippen LogP contribution in [0.2, 0.25) is 0 Å². The number of nitrogens with zero attached hydrogens (tertiary/aromatic N) is 1. The van der Waals surface area contributed by atoms with Gasteiger partial charge in [-0.05, 0) is 24.3 Å². The van der Waals surface area contributed by atoms with Crippen LogP contribution in [0.25, 0.3) is 0 Å². The highest BCUT2D eigenvalue weighted by molar-refractivity contribution is 6.06. The van der Waals surface area contributed by atoms with Gasteiger partial charge < -0.3 is 24.4 Å². The summed E-state index contributed by atoms with van der Waals surface area (Å²) in [5.41, 5.74) is 1.65. The summed E-state index contributed by atoms with van der Waals surface area (Å²) in [4.78, 5) is 17.7. The molecule has 3 rings (SSSR count). The zero-order valence-electron chi connectivity index (χ0n) is 15.6. The highest BCUT2D eigenvalue weighted by atomic mass is 19.1. The number of methoxy groups -OCH3 is 2. The van der Waals surface area contributed by atoms with E-state index < -0.39 is 6.10 Å². The Balaban J connectivity index is 1.63. The van der Waals surface area contributed by atoms with E-state index in [0.717, 1.165) is 0 Å². The number of rotatable bonds is 8. The number of anilines is 1. The highest BCUT2D eigenvalue weighted by Crippen LogP contribution is 2.30. The molecule has 1 unspecified atom stereocenters. The highest BCUT2D eigenvalue weighted by Gasteiger charge is 2.29. The van der Waals surface area contributed by atoms with Crippen molar-refractivity contribution in [1.82, 2.24) is 0 Å². The van der Waals surface area contributed by atoms with Crippen LogP contribution in [-0.4, -0.2) is 45.2 Å². The van der Waals surface area contributed by atoms with Crippen LogP contribution in [0, 0.1) is 5.82 Å². The Morgan fingerprint density at radius 3 is 2.82 bits per heavy atom. The van der Waals surface area contributed by atoms with Gasteiger partial charge in [0.2, 0.25) is 6.10 Å². The summed E-state index contributed by atoms with van der Waals surface area (Å²) in [6.45, 7) is 0.774. The Hall–Kier alpha value is -3.13. The molecule has 7 nitrogen and oxygen atoms in total. The third kappa shape index (κ3) is 4.77. The predicted octanol–water partition coefficient (Wildman–Crippen LogP) is 2.99. The first kappa shape index (κ1) is 19.6. The molecule has 0 spiro atoms. The smallest absolute Gasteiger partial charge is 0.268 e. The monoisotopic (exact) mass is 388 g/mol. The maximum atomic E-state index is 13.4. The standard InChI is InChI=1S/C20H21FN2O5/c1-25-8-9-27-18-11-15(6-7-17(18)26-2)22-20(24)19-12-16(23-28-19)13-4-3-5-14(21)10-13/h3-7,10-11,19H,8-9,12H2,1-2H3,(H,22,24). The van der Waals surface area contributed by atoms with E-state index in [1.807, 2.05) is 0 Å². The molecule has 1 heterocycles. The van der Waals surface area contributed by atoms with Gasteiger partial charge in [-0.3, -0.25) is 4.79 Å². The lowest BCUT2D eigenvalue weighted by Crippen LogP contribution is -2.28. The molecule has 28 heavy (non-hydrogen) atoms. The normalized spacial score (nSPS) is 15.5. The number of halogens is 1. The summed E-state index contributed by atoms with van der Waals surface area (Å²) < 4.78 is 29.2. The molecule has 0 aliphatic carbocycles. The van der Waals surface area contributed by atoms with Gasteiger partial charge in [-0.15, -0.1) is 0 Å². The van der Waals surface area contributed by atoms with Crippen LogP contribution in [0.1, 0.15) is 12.0 Å². The number of hydrogen-bond donors (Lipinski definition) is 1. The minimum atomic E-state index is -0.793. The fourth-order valence-corrected chi connectivity index (χ4v) is 2.68. The maximum Gasteiger partial charge on any atom is 0.268 e. The molecule has 0 bridgehead atoms. The summed E-state index contributed by atoms with van der Waals surface area (Å²) in [6.07, 6.45) is -0.541. The molecule has 0 aromatic heterocycles. The van der Waals surface area contributed by atoms with Crippen molar-refractivity contribution in [3.05, 3.63) is 53.8 Å². The van der Waals surface area contributed by atoms with Gasteiger partial charge in [-0.1, -0.05) is 17.3 Å². The van der Waals surface area contributed by atoms with Crippen molar-refractivity contribution in [2.45, 2.75) is 12.5 Å². The van der Waals surface area contributed by atoms with E-state index in [0.29, 0.717) is 41.7 Å². The zero-order valence-corrected chi connectivity index (χ0v) is 15.6. The summed E-state index contributed by atoms with van der Waals surface area (Å²) in [5.74, 6) is 0.305. The average molecular weight is 388 g/mol. The summed E-state index contributed by atoms with van der Waals surface area (Å²) in [7, 11) is 3.12. The number of amides is 1. The van der Waals surface area contributed by atoms with E-state index in [1.54, 1.807) is 37.4 Å². The van der Waals surface area contributed by atoms with Crippen LogP contribution < -0.4 is 14.8 Å². The molecule has 2 aromatic rings. The van der Waals surface area contributed by atoms with E-state index in [9.17, 15) is 9.18 Å². The largest absolute Gasteiger partial charge is 0.493 e. The first-order valence-corrected chi connectivity index (χ1v) is 8.70. The molecule has 0 saturated heterocycles. The second kappa shape index (κ2) is 9.18. The van der Waals surface area contributed by atoms with Gasteiger partial charge >= 0.3 is 0 Å². The van der Waals surface area contributed by atoms with Crippen LogP contribution in [-0.2, 0) is 14.4 Å². The Morgan fingerprint density at radius 1 is 1.21 bits per heavy atom. The SMILES string of the molecule is COCCOc1cc(NC(=O)C2CC(c3cccc(F)c3)=NO2)ccc1OC. The summed E-state index contributed by atoms with van der Waals surface area (Å²) in [5, 5.41) is 6.69. The van der Waals surface area contributed by atoms with E-state index in [2.05, 4.69) is 10.5 Å². The fourth-order valence-electron chi connectivity index (χ4n) is 2.68. The van der Waals surface area contributed by atoms with Gasteiger partial charge in [0.25, 0.3) is 5.91 Å². The lowest BCUT2D eigenvalue weighted by atomic mass is 10.0. The number of oxime groups is 1. The molecule has 0 radical (unpaired) electrons. The molecule has 1 atom stereocenters. The van der Waals surface area contributed by atoms with E-state index in [1.165, 1.54) is 19.2 Å². The Bertz CT molecular complexity index is 871. The van der Waals surface area contributed by atoms with Crippen LogP contribution in [0.3, 0.4) is 0 Å². The quantitative estimate of drug-likeness (QED) is 0.704. The van der Waals surface area contributed by atoms with Crippen molar-refractivity contribution in [1.29, 1.82) is 0 Å². The minimum absolute atomic E-state index is 0.253. The molecular weight excluding hydrogens is 367 g/mol. The van der Waals surface area contributed by atoms with Crippen LogP contribution >= 0.6 is 0 Å². The van der Waals surface area contributed by atoms with Crippen molar-refractivity contribution in [2.24, 2.45) is 5.16 Å². The number of nitrogens with one attached hydrogen (secondary N) is 1. The Kier molecular flexibility index (Phi) is 6.44. The number of ether oxygens (including phenoxy) is 3. The van der Waals surface area contributed by atoms with Crippen molar-refractivity contribution in [2.75, 3.05) is 32.8 Å². The molecule has 148 valence electrons. The van der Waals surface area contributed by atoms with E-state index >= 15 is 0 Å². The molecule has 8 heteroatoms. The summed E-state index contributed by atoms with van der Waals surface area (Å²) in [6, 6.07) is 11.1. The Labute approximate surface area is 162 Å². The van der Waals surface area contributed by atoms with Crippen molar-refractivity contribution >= 4 is 17.3 Å².